The van der Waals surface area contributed by atoms with Crippen LogP contribution < -0.4 is 0 Å². The van der Waals surface area contributed by atoms with Gasteiger partial charge in [-0.15, -0.1) is 0 Å². The minimum absolute atomic E-state index is 0.547. The number of aromatic amines is 1. The Morgan fingerprint density at radius 1 is 1.05 bits per heavy atom. The van der Waals surface area contributed by atoms with Crippen LogP contribution >= 0.6 is 0 Å². The van der Waals surface area contributed by atoms with Gasteiger partial charge < -0.3 is 10.1 Å². The van der Waals surface area contributed by atoms with Crippen LogP contribution in [0.5, 0.6) is 0 Å². The molecule has 110 valence electrons. The second kappa shape index (κ2) is 4.73. The van der Waals surface area contributed by atoms with E-state index in [-0.39, 0.29) is 0 Å². The molecule has 1 atom stereocenters. The van der Waals surface area contributed by atoms with Gasteiger partial charge in [-0.1, -0.05) is 48.5 Å². The monoisotopic (exact) mass is 291 g/mol. The van der Waals surface area contributed by atoms with E-state index < -0.39 is 11.4 Å². The first-order chi connectivity index (χ1) is 10.7. The summed E-state index contributed by atoms with van der Waals surface area (Å²) in [5.74, 6) is -0.727. The number of hydrogen-bond donors (Lipinski definition) is 2. The molecule has 3 nitrogen and oxygen atoms in total. The molecule has 1 heterocycles. The van der Waals surface area contributed by atoms with E-state index in [1.54, 1.807) is 0 Å². The molecule has 0 spiro atoms. The van der Waals surface area contributed by atoms with Crippen molar-refractivity contribution in [2.24, 2.45) is 0 Å². The first-order valence-electron chi connectivity index (χ1n) is 7.58. The van der Waals surface area contributed by atoms with E-state index in [0.29, 0.717) is 12.8 Å². The van der Waals surface area contributed by atoms with E-state index in [1.165, 1.54) is 5.69 Å². The summed E-state index contributed by atoms with van der Waals surface area (Å²) >= 11 is 0. The quantitative estimate of drug-likeness (QED) is 0.756. The number of nitrogens with one attached hydrogen (secondary N) is 1. The number of para-hydroxylation sites is 1. The third kappa shape index (κ3) is 1.78. The molecule has 0 bridgehead atoms. The summed E-state index contributed by atoms with van der Waals surface area (Å²) in [5, 5.41) is 11.1. The van der Waals surface area contributed by atoms with Crippen LogP contribution in [0.2, 0.25) is 0 Å². The Kier molecular flexibility index (Phi) is 2.83. The zero-order valence-electron chi connectivity index (χ0n) is 12.2. The first kappa shape index (κ1) is 13.1. The fourth-order valence-electron chi connectivity index (χ4n) is 3.71. The zero-order chi connectivity index (χ0) is 15.2. The second-order valence-corrected chi connectivity index (χ2v) is 6.06. The van der Waals surface area contributed by atoms with Crippen LogP contribution in [0.3, 0.4) is 0 Å². The van der Waals surface area contributed by atoms with E-state index in [0.717, 1.165) is 28.5 Å². The summed E-state index contributed by atoms with van der Waals surface area (Å²) in [6.07, 6.45) is 1.95. The number of carboxylic acids is 1. The first-order valence-corrected chi connectivity index (χ1v) is 7.58. The molecule has 0 fully saturated rings. The van der Waals surface area contributed by atoms with Crippen molar-refractivity contribution in [1.29, 1.82) is 0 Å². The molecule has 0 radical (unpaired) electrons. The number of H-pyrrole nitrogens is 1. The minimum Gasteiger partial charge on any atom is -0.481 e. The smallest absolute Gasteiger partial charge is 0.314 e. The molecule has 0 amide bonds. The topological polar surface area (TPSA) is 53.1 Å². The molecule has 0 aliphatic heterocycles. The van der Waals surface area contributed by atoms with Crippen molar-refractivity contribution in [3.63, 3.8) is 0 Å². The van der Waals surface area contributed by atoms with Crippen LogP contribution in [0.25, 0.3) is 10.9 Å². The van der Waals surface area contributed by atoms with Crippen LogP contribution in [0, 0.1) is 0 Å². The molecule has 22 heavy (non-hydrogen) atoms. The molecule has 1 unspecified atom stereocenters. The van der Waals surface area contributed by atoms with Crippen LogP contribution in [-0.4, -0.2) is 16.1 Å². The number of hydrogen-bond acceptors (Lipinski definition) is 1. The van der Waals surface area contributed by atoms with Gasteiger partial charge in [-0.25, -0.2) is 0 Å². The lowest BCUT2D eigenvalue weighted by Gasteiger charge is -2.34. The Bertz CT molecular complexity index is 850. The second-order valence-electron chi connectivity index (χ2n) is 6.06. The van der Waals surface area contributed by atoms with Gasteiger partial charge in [-0.2, -0.15) is 0 Å². The van der Waals surface area contributed by atoms with Crippen molar-refractivity contribution >= 4 is 16.9 Å². The van der Waals surface area contributed by atoms with Gasteiger partial charge in [0.25, 0.3) is 0 Å². The summed E-state index contributed by atoms with van der Waals surface area (Å²) in [6.45, 7) is 0. The predicted octanol–water partition coefficient (Wildman–Crippen LogP) is 3.68. The maximum Gasteiger partial charge on any atom is 0.314 e. The summed E-state index contributed by atoms with van der Waals surface area (Å²) in [7, 11) is 0. The normalized spacial score (nSPS) is 20.7. The Balaban J connectivity index is 1.89. The number of aliphatic carboxylic acids is 1. The van der Waals surface area contributed by atoms with Crippen molar-refractivity contribution in [3.05, 3.63) is 71.4 Å². The molecule has 2 aromatic carbocycles. The van der Waals surface area contributed by atoms with Crippen molar-refractivity contribution in [3.8, 4) is 0 Å². The SMILES string of the molecule is O=C(O)C1(c2ccccc2)CCc2[nH]c3ccccc3c2C1. The number of aromatic nitrogens is 1. The van der Waals surface area contributed by atoms with Gasteiger partial charge in [0.2, 0.25) is 0 Å². The molecule has 0 saturated carbocycles. The van der Waals surface area contributed by atoms with Gasteiger partial charge in [0.05, 0.1) is 5.41 Å². The average Bonchev–Trinajstić information content (AvgIpc) is 2.93. The Labute approximate surface area is 128 Å². The molecule has 3 heteroatoms. The maximum absolute atomic E-state index is 12.1. The molecule has 2 N–H and O–H groups in total. The zero-order valence-corrected chi connectivity index (χ0v) is 12.2. The maximum atomic E-state index is 12.1. The Morgan fingerprint density at radius 3 is 2.55 bits per heavy atom. The number of fused-ring (bicyclic) bond motifs is 3. The number of aryl methyl sites for hydroxylation is 1. The number of rotatable bonds is 2. The molecule has 0 saturated heterocycles. The van der Waals surface area contributed by atoms with Crippen LogP contribution in [0.15, 0.2) is 54.6 Å². The fourth-order valence-corrected chi connectivity index (χ4v) is 3.71. The largest absolute Gasteiger partial charge is 0.481 e. The van der Waals surface area contributed by atoms with Gasteiger partial charge in [0.15, 0.2) is 0 Å². The van der Waals surface area contributed by atoms with E-state index in [2.05, 4.69) is 17.1 Å². The molecular weight excluding hydrogens is 274 g/mol. The lowest BCUT2D eigenvalue weighted by molar-refractivity contribution is -0.144. The van der Waals surface area contributed by atoms with Gasteiger partial charge in [0, 0.05) is 16.6 Å². The number of benzene rings is 2. The lowest BCUT2D eigenvalue weighted by atomic mass is 9.68. The summed E-state index contributed by atoms with van der Waals surface area (Å²) < 4.78 is 0. The van der Waals surface area contributed by atoms with Crippen molar-refractivity contribution < 1.29 is 9.90 Å². The number of carbonyl (C=O) groups is 1. The van der Waals surface area contributed by atoms with Crippen molar-refractivity contribution in [2.75, 3.05) is 0 Å². The summed E-state index contributed by atoms with van der Waals surface area (Å²) in [6, 6.07) is 17.8. The van der Waals surface area contributed by atoms with Gasteiger partial charge in [-0.05, 0) is 36.5 Å². The Morgan fingerprint density at radius 2 is 1.77 bits per heavy atom. The van der Waals surface area contributed by atoms with E-state index in [4.69, 9.17) is 0 Å². The van der Waals surface area contributed by atoms with Gasteiger partial charge in [-0.3, -0.25) is 4.79 Å². The number of carboxylic acid groups (broad SMARTS) is 1. The van der Waals surface area contributed by atoms with Crippen LogP contribution in [0.1, 0.15) is 23.2 Å². The molecule has 3 aromatic rings. The molecule has 1 aliphatic carbocycles. The lowest BCUT2D eigenvalue weighted by Crippen LogP contribution is -2.41. The predicted molar refractivity (Wildman–Crippen MR) is 86.1 cm³/mol. The van der Waals surface area contributed by atoms with Gasteiger partial charge >= 0.3 is 5.97 Å². The third-order valence-electron chi connectivity index (χ3n) is 4.92. The standard InChI is InChI=1S/C19H17NO2/c21-18(22)19(13-6-2-1-3-7-13)11-10-17-15(12-19)14-8-4-5-9-16(14)20-17/h1-9,20H,10-12H2,(H,21,22). The van der Waals surface area contributed by atoms with Crippen LogP contribution in [-0.2, 0) is 23.1 Å². The molecule has 1 aliphatic rings. The summed E-state index contributed by atoms with van der Waals surface area (Å²) in [5.41, 5.74) is 3.53. The highest BCUT2D eigenvalue weighted by Crippen LogP contribution is 2.41. The molecular formula is C19H17NO2. The highest BCUT2D eigenvalue weighted by molar-refractivity contribution is 5.88. The highest BCUT2D eigenvalue weighted by atomic mass is 16.4. The minimum atomic E-state index is -0.820. The summed E-state index contributed by atoms with van der Waals surface area (Å²) in [4.78, 5) is 15.6. The molecule has 1 aromatic heterocycles. The third-order valence-corrected chi connectivity index (χ3v) is 4.92. The van der Waals surface area contributed by atoms with E-state index in [9.17, 15) is 9.90 Å². The van der Waals surface area contributed by atoms with Crippen molar-refractivity contribution in [2.45, 2.75) is 24.7 Å². The molecule has 4 rings (SSSR count). The highest BCUT2D eigenvalue weighted by Gasteiger charge is 2.44. The van der Waals surface area contributed by atoms with Gasteiger partial charge in [0.1, 0.15) is 0 Å². The fraction of sp³-hybridized carbons (Fsp3) is 0.211. The van der Waals surface area contributed by atoms with Crippen molar-refractivity contribution in [1.82, 2.24) is 4.98 Å². The van der Waals surface area contributed by atoms with E-state index >= 15 is 0 Å². The van der Waals surface area contributed by atoms with Crippen LogP contribution in [0.4, 0.5) is 0 Å². The average molecular weight is 291 g/mol. The van der Waals surface area contributed by atoms with E-state index in [1.807, 2.05) is 42.5 Å². The Hall–Kier alpha value is -2.55.